The Balaban J connectivity index is 1.73. The summed E-state index contributed by atoms with van der Waals surface area (Å²) in [4.78, 5) is 23.4. The molecule has 0 saturated carbocycles. The lowest BCUT2D eigenvalue weighted by Gasteiger charge is -2.06. The monoisotopic (exact) mass is 268 g/mol. The third-order valence-corrected chi connectivity index (χ3v) is 2.73. The van der Waals surface area contributed by atoms with Crippen LogP contribution in [0.4, 0.5) is 5.69 Å². The topological polar surface area (TPSA) is 58.2 Å². The average Bonchev–Trinajstić information content (AvgIpc) is 2.49. The van der Waals surface area contributed by atoms with Gasteiger partial charge in [-0.3, -0.25) is 9.59 Å². The van der Waals surface area contributed by atoms with Crippen molar-refractivity contribution < 1.29 is 9.59 Å². The molecule has 0 aliphatic carbocycles. The van der Waals surface area contributed by atoms with Gasteiger partial charge in [-0.25, -0.2) is 0 Å². The summed E-state index contributed by atoms with van der Waals surface area (Å²) in [7, 11) is 0. The van der Waals surface area contributed by atoms with Gasteiger partial charge >= 0.3 is 0 Å². The molecule has 0 radical (unpaired) electrons. The fourth-order valence-corrected chi connectivity index (χ4v) is 1.73. The predicted molar refractivity (Wildman–Crippen MR) is 78.5 cm³/mol. The fraction of sp³-hybridized carbons (Fsp3) is 0.125. The van der Waals surface area contributed by atoms with Crippen molar-refractivity contribution >= 4 is 17.5 Å². The minimum Gasteiger partial charge on any atom is -0.352 e. The van der Waals surface area contributed by atoms with Gasteiger partial charge < -0.3 is 10.6 Å². The molecule has 0 bridgehead atoms. The highest BCUT2D eigenvalue weighted by atomic mass is 16.2. The van der Waals surface area contributed by atoms with Crippen molar-refractivity contribution in [1.29, 1.82) is 0 Å². The van der Waals surface area contributed by atoms with Gasteiger partial charge in [0.15, 0.2) is 0 Å². The van der Waals surface area contributed by atoms with Crippen LogP contribution in [0.5, 0.6) is 0 Å². The number of rotatable bonds is 5. The SMILES string of the molecule is O=C(CCNC(=O)c1ccccc1)Nc1ccccc1. The number of carbonyl (C=O) groups is 2. The Kier molecular flexibility index (Phi) is 4.89. The molecule has 0 aliphatic heterocycles. The second-order valence-electron chi connectivity index (χ2n) is 4.29. The van der Waals surface area contributed by atoms with Gasteiger partial charge in [-0.15, -0.1) is 0 Å². The second kappa shape index (κ2) is 7.09. The number of amides is 2. The molecule has 0 fully saturated rings. The molecular weight excluding hydrogens is 252 g/mol. The van der Waals surface area contributed by atoms with E-state index >= 15 is 0 Å². The quantitative estimate of drug-likeness (QED) is 0.875. The first kappa shape index (κ1) is 13.8. The lowest BCUT2D eigenvalue weighted by atomic mass is 10.2. The Morgan fingerprint density at radius 1 is 0.850 bits per heavy atom. The van der Waals surface area contributed by atoms with Crippen LogP contribution < -0.4 is 10.6 Å². The molecular formula is C16H16N2O2. The summed E-state index contributed by atoms with van der Waals surface area (Å²) in [5.41, 5.74) is 1.35. The smallest absolute Gasteiger partial charge is 0.251 e. The zero-order valence-corrected chi connectivity index (χ0v) is 11.0. The molecule has 0 spiro atoms. The van der Waals surface area contributed by atoms with Crippen LogP contribution in [0.25, 0.3) is 0 Å². The average molecular weight is 268 g/mol. The standard InChI is InChI=1S/C16H16N2O2/c19-15(18-14-9-5-2-6-10-14)11-12-17-16(20)13-7-3-1-4-8-13/h1-10H,11-12H2,(H,17,20)(H,18,19). The van der Waals surface area contributed by atoms with E-state index < -0.39 is 0 Å². The molecule has 0 saturated heterocycles. The second-order valence-corrected chi connectivity index (χ2v) is 4.29. The van der Waals surface area contributed by atoms with Gasteiger partial charge in [0.2, 0.25) is 5.91 Å². The summed E-state index contributed by atoms with van der Waals surface area (Å²) in [6, 6.07) is 18.2. The van der Waals surface area contributed by atoms with Crippen molar-refractivity contribution in [3.8, 4) is 0 Å². The van der Waals surface area contributed by atoms with E-state index in [1.54, 1.807) is 24.3 Å². The van der Waals surface area contributed by atoms with E-state index in [4.69, 9.17) is 0 Å². The van der Waals surface area contributed by atoms with Gasteiger partial charge in [0.25, 0.3) is 5.91 Å². The highest BCUT2D eigenvalue weighted by Gasteiger charge is 2.06. The third-order valence-electron chi connectivity index (χ3n) is 2.73. The highest BCUT2D eigenvalue weighted by molar-refractivity contribution is 5.95. The van der Waals surface area contributed by atoms with E-state index in [0.29, 0.717) is 12.1 Å². The summed E-state index contributed by atoms with van der Waals surface area (Å²) in [5, 5.41) is 5.48. The van der Waals surface area contributed by atoms with Crippen molar-refractivity contribution in [2.45, 2.75) is 6.42 Å². The number of anilines is 1. The summed E-state index contributed by atoms with van der Waals surface area (Å²) in [5.74, 6) is -0.289. The van der Waals surface area contributed by atoms with E-state index in [-0.39, 0.29) is 18.2 Å². The number of para-hydroxylation sites is 1. The van der Waals surface area contributed by atoms with Crippen LogP contribution in [0.15, 0.2) is 60.7 Å². The van der Waals surface area contributed by atoms with Crippen LogP contribution in [0.1, 0.15) is 16.8 Å². The zero-order valence-electron chi connectivity index (χ0n) is 11.0. The first-order chi connectivity index (χ1) is 9.75. The largest absolute Gasteiger partial charge is 0.352 e. The summed E-state index contributed by atoms with van der Waals surface area (Å²) >= 11 is 0. The normalized spacial score (nSPS) is 9.80. The maximum absolute atomic E-state index is 11.7. The van der Waals surface area contributed by atoms with Crippen molar-refractivity contribution in [2.24, 2.45) is 0 Å². The zero-order chi connectivity index (χ0) is 14.2. The number of benzene rings is 2. The molecule has 4 heteroatoms. The molecule has 102 valence electrons. The first-order valence-corrected chi connectivity index (χ1v) is 6.44. The van der Waals surface area contributed by atoms with Crippen molar-refractivity contribution in [3.63, 3.8) is 0 Å². The lowest BCUT2D eigenvalue weighted by Crippen LogP contribution is -2.27. The minimum atomic E-state index is -0.168. The van der Waals surface area contributed by atoms with Crippen LogP contribution in [-0.4, -0.2) is 18.4 Å². The summed E-state index contributed by atoms with van der Waals surface area (Å²) in [6.07, 6.45) is 0.244. The van der Waals surface area contributed by atoms with Crippen LogP contribution in [0, 0.1) is 0 Å². The predicted octanol–water partition coefficient (Wildman–Crippen LogP) is 2.45. The Morgan fingerprint density at radius 2 is 1.45 bits per heavy atom. The van der Waals surface area contributed by atoms with Gasteiger partial charge in [-0.1, -0.05) is 36.4 Å². The van der Waals surface area contributed by atoms with E-state index in [2.05, 4.69) is 10.6 Å². The molecule has 2 aromatic carbocycles. The molecule has 2 rings (SSSR count). The minimum absolute atomic E-state index is 0.121. The van der Waals surface area contributed by atoms with Gasteiger partial charge in [0.1, 0.15) is 0 Å². The van der Waals surface area contributed by atoms with Crippen LogP contribution in [-0.2, 0) is 4.79 Å². The van der Waals surface area contributed by atoms with Crippen molar-refractivity contribution in [1.82, 2.24) is 5.32 Å². The number of hydrogen-bond donors (Lipinski definition) is 2. The highest BCUT2D eigenvalue weighted by Crippen LogP contribution is 2.05. The third kappa shape index (κ3) is 4.24. The maximum atomic E-state index is 11.7. The van der Waals surface area contributed by atoms with Crippen LogP contribution in [0.2, 0.25) is 0 Å². The summed E-state index contributed by atoms with van der Waals surface area (Å²) in [6.45, 7) is 0.312. The van der Waals surface area contributed by atoms with Crippen LogP contribution in [0.3, 0.4) is 0 Å². The van der Waals surface area contributed by atoms with E-state index in [9.17, 15) is 9.59 Å². The number of carbonyl (C=O) groups excluding carboxylic acids is 2. The molecule has 0 unspecified atom stereocenters. The van der Waals surface area contributed by atoms with E-state index in [1.165, 1.54) is 0 Å². The molecule has 2 aromatic rings. The first-order valence-electron chi connectivity index (χ1n) is 6.44. The maximum Gasteiger partial charge on any atom is 0.251 e. The molecule has 0 aliphatic rings. The molecule has 0 atom stereocenters. The van der Waals surface area contributed by atoms with Crippen LogP contribution >= 0.6 is 0 Å². The van der Waals surface area contributed by atoms with Gasteiger partial charge in [-0.05, 0) is 24.3 Å². The molecule has 2 N–H and O–H groups in total. The van der Waals surface area contributed by atoms with E-state index in [1.807, 2.05) is 36.4 Å². The van der Waals surface area contributed by atoms with Crippen molar-refractivity contribution in [2.75, 3.05) is 11.9 Å². The number of nitrogens with one attached hydrogen (secondary N) is 2. The molecule has 0 aromatic heterocycles. The number of hydrogen-bond acceptors (Lipinski definition) is 2. The lowest BCUT2D eigenvalue weighted by molar-refractivity contribution is -0.116. The Labute approximate surface area is 117 Å². The van der Waals surface area contributed by atoms with Gasteiger partial charge in [0.05, 0.1) is 0 Å². The molecule has 4 nitrogen and oxygen atoms in total. The fourth-order valence-electron chi connectivity index (χ4n) is 1.73. The Hall–Kier alpha value is -2.62. The van der Waals surface area contributed by atoms with Gasteiger partial charge in [-0.2, -0.15) is 0 Å². The molecule has 20 heavy (non-hydrogen) atoms. The molecule has 2 amide bonds. The Morgan fingerprint density at radius 3 is 2.10 bits per heavy atom. The van der Waals surface area contributed by atoms with Gasteiger partial charge in [0, 0.05) is 24.2 Å². The Bertz CT molecular complexity index is 568. The molecule has 0 heterocycles. The summed E-state index contributed by atoms with van der Waals surface area (Å²) < 4.78 is 0. The van der Waals surface area contributed by atoms with Crippen molar-refractivity contribution in [3.05, 3.63) is 66.2 Å². The van der Waals surface area contributed by atoms with E-state index in [0.717, 1.165) is 5.69 Å².